The van der Waals surface area contributed by atoms with Crippen LogP contribution < -0.4 is 0 Å². The van der Waals surface area contributed by atoms with E-state index in [1.54, 1.807) is 13.8 Å². The first kappa shape index (κ1) is 12.5. The number of alkyl halides is 3. The highest BCUT2D eigenvalue weighted by Gasteiger charge is 2.61. The third kappa shape index (κ3) is 2.35. The first-order chi connectivity index (χ1) is 6.58. The van der Waals surface area contributed by atoms with E-state index < -0.39 is 33.9 Å². The minimum atomic E-state index is -4.44. The zero-order valence-electron chi connectivity index (χ0n) is 8.10. The van der Waals surface area contributed by atoms with Gasteiger partial charge in [-0.2, -0.15) is 13.2 Å². The van der Waals surface area contributed by atoms with Crippen molar-refractivity contribution in [1.29, 1.82) is 0 Å². The Morgan fingerprint density at radius 2 is 1.93 bits per heavy atom. The van der Waals surface area contributed by atoms with E-state index in [-0.39, 0.29) is 0 Å². The van der Waals surface area contributed by atoms with Gasteiger partial charge in [-0.05, 0) is 27.3 Å². The Hall–Kier alpha value is -0.520. The second kappa shape index (κ2) is 3.50. The molecular formula is C9H10BrF3O2. The van der Waals surface area contributed by atoms with E-state index in [1.807, 2.05) is 0 Å². The maximum absolute atomic E-state index is 12.2. The fourth-order valence-electron chi connectivity index (χ4n) is 1.71. The van der Waals surface area contributed by atoms with Gasteiger partial charge in [0.15, 0.2) is 0 Å². The maximum Gasteiger partial charge on any atom is 0.422 e. The average Bonchev–Trinajstić information content (AvgIpc) is 2.50. The van der Waals surface area contributed by atoms with Crippen LogP contribution in [0, 0.1) is 17.3 Å². The molecule has 0 aromatic heterocycles. The van der Waals surface area contributed by atoms with Gasteiger partial charge in [-0.25, -0.2) is 0 Å². The van der Waals surface area contributed by atoms with Gasteiger partial charge in [0, 0.05) is 0 Å². The average molecular weight is 287 g/mol. The van der Waals surface area contributed by atoms with Crippen molar-refractivity contribution < 1.29 is 23.1 Å². The number of carboxylic acids is 1. The molecule has 0 saturated heterocycles. The first-order valence-corrected chi connectivity index (χ1v) is 5.05. The summed E-state index contributed by atoms with van der Waals surface area (Å²) in [6.07, 6.45) is -3.50. The quantitative estimate of drug-likeness (QED) is 0.847. The van der Waals surface area contributed by atoms with Gasteiger partial charge in [0.1, 0.15) is 0 Å². The van der Waals surface area contributed by atoms with E-state index in [2.05, 4.69) is 15.9 Å². The number of carboxylic acid groups (broad SMARTS) is 1. The van der Waals surface area contributed by atoms with Crippen LogP contribution in [0.4, 0.5) is 13.2 Å². The topological polar surface area (TPSA) is 37.3 Å². The third-order valence-corrected chi connectivity index (χ3v) is 3.49. The van der Waals surface area contributed by atoms with E-state index >= 15 is 0 Å². The number of rotatable bonds is 2. The highest BCUT2D eigenvalue weighted by molar-refractivity contribution is 9.11. The molecule has 1 saturated carbocycles. The van der Waals surface area contributed by atoms with Gasteiger partial charge in [0.2, 0.25) is 0 Å². The molecule has 1 aliphatic rings. The Bertz CT molecular complexity index is 320. The molecule has 15 heavy (non-hydrogen) atoms. The molecule has 0 spiro atoms. The zero-order chi connectivity index (χ0) is 12.0. The van der Waals surface area contributed by atoms with Gasteiger partial charge in [-0.15, -0.1) is 0 Å². The van der Waals surface area contributed by atoms with Crippen LogP contribution in [0.15, 0.2) is 10.6 Å². The van der Waals surface area contributed by atoms with E-state index in [4.69, 9.17) is 5.11 Å². The summed E-state index contributed by atoms with van der Waals surface area (Å²) in [6, 6.07) is 0. The van der Waals surface area contributed by atoms with Crippen molar-refractivity contribution in [3.63, 3.8) is 0 Å². The lowest BCUT2D eigenvalue weighted by Gasteiger charge is -2.04. The Kier molecular flexibility index (Phi) is 2.93. The number of halogens is 4. The van der Waals surface area contributed by atoms with Crippen LogP contribution in [-0.2, 0) is 4.79 Å². The molecule has 0 aliphatic heterocycles. The number of aliphatic carboxylic acids is 1. The minimum absolute atomic E-state index is 0.564. The molecule has 0 aromatic rings. The van der Waals surface area contributed by atoms with Crippen LogP contribution in [0.25, 0.3) is 0 Å². The van der Waals surface area contributed by atoms with E-state index in [9.17, 15) is 18.0 Å². The molecule has 0 aromatic carbocycles. The lowest BCUT2D eigenvalue weighted by molar-refractivity contribution is -0.139. The Balaban J connectivity index is 2.83. The van der Waals surface area contributed by atoms with Gasteiger partial charge >= 0.3 is 12.1 Å². The molecule has 2 atom stereocenters. The van der Waals surface area contributed by atoms with Gasteiger partial charge < -0.3 is 5.11 Å². The van der Waals surface area contributed by atoms with Crippen molar-refractivity contribution in [2.24, 2.45) is 17.3 Å². The van der Waals surface area contributed by atoms with Crippen LogP contribution in [-0.4, -0.2) is 17.3 Å². The molecule has 0 heterocycles. The fraction of sp³-hybridized carbons (Fsp3) is 0.667. The second-order valence-corrected chi connectivity index (χ2v) is 5.03. The summed E-state index contributed by atoms with van der Waals surface area (Å²) in [5.74, 6) is -2.35. The Labute approximate surface area is 93.3 Å². The van der Waals surface area contributed by atoms with Crippen LogP contribution in [0.5, 0.6) is 0 Å². The van der Waals surface area contributed by atoms with Crippen molar-refractivity contribution in [3.8, 4) is 0 Å². The molecule has 1 N–H and O–H groups in total. The van der Waals surface area contributed by atoms with Gasteiger partial charge in [-0.1, -0.05) is 19.9 Å². The lowest BCUT2D eigenvalue weighted by atomic mass is 10.1. The minimum Gasteiger partial charge on any atom is -0.481 e. The molecule has 6 heteroatoms. The number of carbonyl (C=O) groups is 1. The summed E-state index contributed by atoms with van der Waals surface area (Å²) in [7, 11) is 0. The summed E-state index contributed by atoms with van der Waals surface area (Å²) in [5.41, 5.74) is -0.601. The predicted octanol–water partition coefficient (Wildman–Crippen LogP) is 3.18. The largest absolute Gasteiger partial charge is 0.481 e. The summed E-state index contributed by atoms with van der Waals surface area (Å²) < 4.78 is 35.6. The number of hydrogen-bond acceptors (Lipinski definition) is 1. The lowest BCUT2D eigenvalue weighted by Crippen LogP contribution is -2.07. The first-order valence-electron chi connectivity index (χ1n) is 4.26. The molecule has 0 amide bonds. The summed E-state index contributed by atoms with van der Waals surface area (Å²) in [5, 5.41) is 8.75. The monoisotopic (exact) mass is 286 g/mol. The highest BCUT2D eigenvalue weighted by Crippen LogP contribution is 2.60. The Morgan fingerprint density at radius 1 is 1.47 bits per heavy atom. The molecule has 0 bridgehead atoms. The van der Waals surface area contributed by atoms with Gasteiger partial charge in [0.25, 0.3) is 0 Å². The summed E-state index contributed by atoms with van der Waals surface area (Å²) >= 11 is 2.41. The molecule has 1 rings (SSSR count). The van der Waals surface area contributed by atoms with Crippen LogP contribution in [0.3, 0.4) is 0 Å². The van der Waals surface area contributed by atoms with Crippen molar-refractivity contribution in [2.45, 2.75) is 20.0 Å². The van der Waals surface area contributed by atoms with Crippen LogP contribution in [0.1, 0.15) is 13.8 Å². The molecule has 1 fully saturated rings. The SMILES string of the molecule is CC1(C)[C@H](C=C(Br)C(F)(F)F)[C@@H]1C(=O)O. The van der Waals surface area contributed by atoms with Crippen molar-refractivity contribution in [3.05, 3.63) is 10.6 Å². The molecule has 2 nitrogen and oxygen atoms in total. The van der Waals surface area contributed by atoms with E-state index in [0.717, 1.165) is 6.08 Å². The summed E-state index contributed by atoms with van der Waals surface area (Å²) in [4.78, 5) is 10.7. The van der Waals surface area contributed by atoms with Gasteiger partial charge in [-0.3, -0.25) is 4.79 Å². The predicted molar refractivity (Wildman–Crippen MR) is 51.5 cm³/mol. The Morgan fingerprint density at radius 3 is 2.20 bits per heavy atom. The van der Waals surface area contributed by atoms with Crippen molar-refractivity contribution in [2.75, 3.05) is 0 Å². The molecular weight excluding hydrogens is 277 g/mol. The fourth-order valence-corrected chi connectivity index (χ4v) is 2.00. The molecule has 0 radical (unpaired) electrons. The number of hydrogen-bond donors (Lipinski definition) is 1. The molecule has 1 aliphatic carbocycles. The smallest absolute Gasteiger partial charge is 0.422 e. The van der Waals surface area contributed by atoms with Gasteiger partial charge in [0.05, 0.1) is 10.4 Å². The van der Waals surface area contributed by atoms with Crippen molar-refractivity contribution in [1.82, 2.24) is 0 Å². The van der Waals surface area contributed by atoms with E-state index in [0.29, 0.717) is 0 Å². The van der Waals surface area contributed by atoms with E-state index in [1.165, 1.54) is 0 Å². The molecule has 0 unspecified atom stereocenters. The normalized spacial score (nSPS) is 30.1. The van der Waals surface area contributed by atoms with Crippen molar-refractivity contribution >= 4 is 21.9 Å². The van der Waals surface area contributed by atoms with Crippen LogP contribution >= 0.6 is 15.9 Å². The standard InChI is InChI=1S/C9H10BrF3O2/c1-8(2)4(6(8)7(14)15)3-5(10)9(11,12)13/h3-4,6H,1-2H3,(H,14,15)/t4-,6-/m1/s1. The zero-order valence-corrected chi connectivity index (χ0v) is 9.69. The summed E-state index contributed by atoms with van der Waals surface area (Å²) in [6.45, 7) is 3.28. The highest BCUT2D eigenvalue weighted by atomic mass is 79.9. The number of allylic oxidation sites excluding steroid dienone is 2. The maximum atomic E-state index is 12.2. The second-order valence-electron chi connectivity index (χ2n) is 4.18. The molecule has 86 valence electrons. The third-order valence-electron chi connectivity index (χ3n) is 2.77. The van der Waals surface area contributed by atoms with Crippen LogP contribution in [0.2, 0.25) is 0 Å².